The second-order valence-electron chi connectivity index (χ2n) is 5.91. The highest BCUT2D eigenvalue weighted by atomic mass is 16.7. The Morgan fingerprint density at radius 3 is 1.68 bits per heavy atom. The van der Waals surface area contributed by atoms with Gasteiger partial charge in [-0.05, 0) is 43.3 Å². The maximum Gasteiger partial charge on any atom is 0.332 e. The van der Waals surface area contributed by atoms with Crippen LogP contribution in [0.2, 0.25) is 0 Å². The van der Waals surface area contributed by atoms with Crippen molar-refractivity contribution in [2.45, 2.75) is 13.2 Å². The van der Waals surface area contributed by atoms with Crippen molar-refractivity contribution >= 4 is 5.97 Å². The van der Waals surface area contributed by atoms with Crippen LogP contribution < -0.4 is 4.74 Å². The first-order valence-electron chi connectivity index (χ1n) is 9.61. The van der Waals surface area contributed by atoms with Crippen LogP contribution in [-0.2, 0) is 14.3 Å². The van der Waals surface area contributed by atoms with E-state index in [4.69, 9.17) is 24.4 Å². The van der Waals surface area contributed by atoms with E-state index in [0.29, 0.717) is 24.7 Å². The van der Waals surface area contributed by atoms with E-state index in [2.05, 4.69) is 6.58 Å². The molecule has 3 rings (SSSR count). The fourth-order valence-electron chi connectivity index (χ4n) is 1.99. The Hall–Kier alpha value is -3.77. The first kappa shape index (κ1) is 25.3. The van der Waals surface area contributed by atoms with Crippen molar-refractivity contribution in [3.63, 3.8) is 0 Å². The second kappa shape index (κ2) is 16.1. The molecule has 0 aliphatic carbocycles. The minimum atomic E-state index is -0.597. The van der Waals surface area contributed by atoms with E-state index in [1.807, 2.05) is 42.5 Å². The van der Waals surface area contributed by atoms with E-state index < -0.39 is 12.3 Å². The number of benzene rings is 3. The highest BCUT2D eigenvalue weighted by Gasteiger charge is 2.05. The van der Waals surface area contributed by atoms with E-state index in [1.165, 1.54) is 0 Å². The van der Waals surface area contributed by atoms with E-state index in [-0.39, 0.29) is 0 Å². The van der Waals surface area contributed by atoms with Crippen molar-refractivity contribution in [3.05, 3.63) is 104 Å². The molecule has 31 heavy (non-hydrogen) atoms. The summed E-state index contributed by atoms with van der Waals surface area (Å²) in [6.07, 6.45) is 0.500. The average Bonchev–Trinajstić information content (AvgIpc) is 2.79. The zero-order valence-electron chi connectivity index (χ0n) is 17.5. The molecule has 0 aromatic heterocycles. The molecular formula is C25H28O6. The number of carbonyl (C=O) groups excluding carboxylic acids is 1. The number of hydrogen-bond donors (Lipinski definition) is 2. The number of rotatable bonds is 7. The van der Waals surface area contributed by atoms with Gasteiger partial charge in [-0.1, -0.05) is 61.2 Å². The van der Waals surface area contributed by atoms with Crippen molar-refractivity contribution in [2.24, 2.45) is 0 Å². The predicted octanol–water partition coefficient (Wildman–Crippen LogP) is 4.94. The Morgan fingerprint density at radius 2 is 1.29 bits per heavy atom. The number of esters is 1. The minimum absolute atomic E-state index is 0.322. The standard InChI is InChI=1S/C13H16O4.2C6H6O/c1-3-13(14)17-11(2)15-9-10-16-12-7-5-4-6-8-12;2*7-6-4-2-1-3-5-6/h3-8,11H,1,9-10H2,2H3;2*1-5,7H. The van der Waals surface area contributed by atoms with Gasteiger partial charge in [0.2, 0.25) is 6.29 Å². The molecule has 164 valence electrons. The van der Waals surface area contributed by atoms with Crippen molar-refractivity contribution in [1.29, 1.82) is 0 Å². The molecule has 3 aromatic carbocycles. The summed E-state index contributed by atoms with van der Waals surface area (Å²) < 4.78 is 15.4. The van der Waals surface area contributed by atoms with Crippen molar-refractivity contribution in [2.75, 3.05) is 13.2 Å². The average molecular weight is 424 g/mol. The van der Waals surface area contributed by atoms with E-state index >= 15 is 0 Å². The van der Waals surface area contributed by atoms with Crippen LogP contribution in [0.25, 0.3) is 0 Å². The van der Waals surface area contributed by atoms with Crippen LogP contribution >= 0.6 is 0 Å². The zero-order valence-corrected chi connectivity index (χ0v) is 17.5. The van der Waals surface area contributed by atoms with Crippen LogP contribution in [0.4, 0.5) is 0 Å². The van der Waals surface area contributed by atoms with Crippen molar-refractivity contribution in [1.82, 2.24) is 0 Å². The van der Waals surface area contributed by atoms with Gasteiger partial charge >= 0.3 is 5.97 Å². The van der Waals surface area contributed by atoms with Crippen LogP contribution in [0.15, 0.2) is 104 Å². The number of hydrogen-bond acceptors (Lipinski definition) is 6. The van der Waals surface area contributed by atoms with Gasteiger partial charge < -0.3 is 24.4 Å². The highest BCUT2D eigenvalue weighted by Crippen LogP contribution is 2.08. The van der Waals surface area contributed by atoms with Gasteiger partial charge in [0, 0.05) is 6.08 Å². The molecule has 0 fully saturated rings. The van der Waals surface area contributed by atoms with Crippen molar-refractivity contribution in [3.8, 4) is 17.2 Å². The SMILES string of the molecule is C=CC(=O)OC(C)OCCOc1ccccc1.Oc1ccccc1.Oc1ccccc1. The second-order valence-corrected chi connectivity index (χ2v) is 5.91. The summed E-state index contributed by atoms with van der Waals surface area (Å²) in [6, 6.07) is 26.9. The molecule has 1 atom stereocenters. The first-order valence-corrected chi connectivity index (χ1v) is 9.61. The molecule has 3 aromatic rings. The summed E-state index contributed by atoms with van der Waals surface area (Å²) in [5, 5.41) is 17.3. The maximum atomic E-state index is 10.8. The molecule has 6 nitrogen and oxygen atoms in total. The third-order valence-electron chi connectivity index (χ3n) is 3.41. The molecular weight excluding hydrogens is 396 g/mol. The monoisotopic (exact) mass is 424 g/mol. The molecule has 1 unspecified atom stereocenters. The Morgan fingerprint density at radius 1 is 0.839 bits per heavy atom. The van der Waals surface area contributed by atoms with Gasteiger partial charge in [0.25, 0.3) is 0 Å². The Bertz CT molecular complexity index is 800. The lowest BCUT2D eigenvalue weighted by Crippen LogP contribution is -2.19. The summed E-state index contributed by atoms with van der Waals surface area (Å²) in [4.78, 5) is 10.8. The van der Waals surface area contributed by atoms with Crippen molar-refractivity contribution < 1.29 is 29.2 Å². The number of ether oxygens (including phenoxy) is 3. The van der Waals surface area contributed by atoms with Gasteiger partial charge in [0.15, 0.2) is 0 Å². The molecule has 0 aliphatic heterocycles. The Kier molecular flexibility index (Phi) is 13.1. The van der Waals surface area contributed by atoms with Crippen LogP contribution in [0, 0.1) is 0 Å². The lowest BCUT2D eigenvalue weighted by molar-refractivity contribution is -0.169. The number of phenols is 2. The van der Waals surface area contributed by atoms with Gasteiger partial charge in [-0.25, -0.2) is 4.79 Å². The van der Waals surface area contributed by atoms with E-state index in [1.54, 1.807) is 55.5 Å². The van der Waals surface area contributed by atoms with E-state index in [9.17, 15) is 4.79 Å². The molecule has 0 amide bonds. The highest BCUT2D eigenvalue weighted by molar-refractivity contribution is 5.81. The molecule has 0 spiro atoms. The fourth-order valence-corrected chi connectivity index (χ4v) is 1.99. The lowest BCUT2D eigenvalue weighted by Gasteiger charge is -2.13. The van der Waals surface area contributed by atoms with E-state index in [0.717, 1.165) is 11.8 Å². The zero-order chi connectivity index (χ0) is 22.7. The molecule has 0 aliphatic rings. The first-order chi connectivity index (χ1) is 15.0. The summed E-state index contributed by atoms with van der Waals surface area (Å²) in [7, 11) is 0. The molecule has 0 saturated carbocycles. The van der Waals surface area contributed by atoms with Gasteiger partial charge in [0.1, 0.15) is 23.9 Å². The number of para-hydroxylation sites is 3. The van der Waals surface area contributed by atoms with Crippen LogP contribution in [-0.4, -0.2) is 35.7 Å². The summed E-state index contributed by atoms with van der Waals surface area (Å²) >= 11 is 0. The van der Waals surface area contributed by atoms with Crippen LogP contribution in [0.1, 0.15) is 6.92 Å². The van der Waals surface area contributed by atoms with Gasteiger partial charge in [-0.3, -0.25) is 0 Å². The minimum Gasteiger partial charge on any atom is -0.508 e. The largest absolute Gasteiger partial charge is 0.508 e. The quantitative estimate of drug-likeness (QED) is 0.242. The smallest absolute Gasteiger partial charge is 0.332 e. The summed E-state index contributed by atoms with van der Waals surface area (Å²) in [5.74, 6) is 0.929. The normalized spacial score (nSPS) is 10.2. The Balaban J connectivity index is 0.000000279. The fraction of sp³-hybridized carbons (Fsp3) is 0.160. The van der Waals surface area contributed by atoms with Gasteiger partial charge in [0.05, 0.1) is 6.61 Å². The van der Waals surface area contributed by atoms with Gasteiger partial charge in [-0.15, -0.1) is 0 Å². The van der Waals surface area contributed by atoms with Gasteiger partial charge in [-0.2, -0.15) is 0 Å². The topological polar surface area (TPSA) is 85.2 Å². The molecule has 0 bridgehead atoms. The predicted molar refractivity (Wildman–Crippen MR) is 120 cm³/mol. The molecule has 0 heterocycles. The maximum absolute atomic E-state index is 10.8. The summed E-state index contributed by atoms with van der Waals surface area (Å²) in [6.45, 7) is 5.69. The third-order valence-corrected chi connectivity index (χ3v) is 3.41. The molecule has 0 radical (unpaired) electrons. The number of aromatic hydroxyl groups is 2. The number of carbonyl (C=O) groups is 1. The lowest BCUT2D eigenvalue weighted by atomic mass is 10.3. The van der Waals surface area contributed by atoms with Crippen LogP contribution in [0.3, 0.4) is 0 Å². The molecule has 0 saturated heterocycles. The molecule has 2 N–H and O–H groups in total. The number of phenolic OH excluding ortho intramolecular Hbond substituents is 2. The summed E-state index contributed by atoms with van der Waals surface area (Å²) in [5.41, 5.74) is 0. The Labute approximate surface area is 183 Å². The molecule has 6 heteroatoms. The van der Waals surface area contributed by atoms with Crippen LogP contribution in [0.5, 0.6) is 17.2 Å². The third kappa shape index (κ3) is 13.9.